The first-order chi connectivity index (χ1) is 5.52. The summed E-state index contributed by atoms with van der Waals surface area (Å²) < 4.78 is 0. The number of hydrogen-bond acceptors (Lipinski definition) is 2. The summed E-state index contributed by atoms with van der Waals surface area (Å²) in [4.78, 5) is 13.3. The van der Waals surface area contributed by atoms with Crippen molar-refractivity contribution in [2.24, 2.45) is 0 Å². The second-order valence-corrected chi connectivity index (χ2v) is 3.81. The highest BCUT2D eigenvalue weighted by Crippen LogP contribution is 2.21. The van der Waals surface area contributed by atoms with Crippen LogP contribution in [-0.4, -0.2) is 30.3 Å². The SMILES string of the molecule is CC(=O)C1CC(C)=C(C)CN1C. The first-order valence-corrected chi connectivity index (χ1v) is 4.38. The van der Waals surface area contributed by atoms with Crippen LogP contribution in [0.25, 0.3) is 0 Å². The van der Waals surface area contributed by atoms with Gasteiger partial charge in [0.05, 0.1) is 6.04 Å². The van der Waals surface area contributed by atoms with E-state index in [9.17, 15) is 4.79 Å². The average Bonchev–Trinajstić information content (AvgIpc) is 1.96. The standard InChI is InChI=1S/C10H17NO/c1-7-5-10(9(3)12)11(4)6-8(7)2/h10H,5-6H2,1-4H3. The molecule has 0 N–H and O–H groups in total. The van der Waals surface area contributed by atoms with Gasteiger partial charge in [-0.15, -0.1) is 0 Å². The molecule has 1 heterocycles. The van der Waals surface area contributed by atoms with Crippen molar-refractivity contribution in [1.29, 1.82) is 0 Å². The van der Waals surface area contributed by atoms with Gasteiger partial charge in [-0.05, 0) is 34.2 Å². The van der Waals surface area contributed by atoms with Crippen molar-refractivity contribution in [2.75, 3.05) is 13.6 Å². The molecule has 0 spiro atoms. The number of ketones is 1. The van der Waals surface area contributed by atoms with Gasteiger partial charge in [0.2, 0.25) is 0 Å². The molecule has 1 unspecified atom stereocenters. The summed E-state index contributed by atoms with van der Waals surface area (Å²) in [6, 6.07) is 0.119. The van der Waals surface area contributed by atoms with Gasteiger partial charge in [0, 0.05) is 6.54 Å². The van der Waals surface area contributed by atoms with Crippen LogP contribution >= 0.6 is 0 Å². The van der Waals surface area contributed by atoms with Gasteiger partial charge in [0.25, 0.3) is 0 Å². The summed E-state index contributed by atoms with van der Waals surface area (Å²) in [5.41, 5.74) is 2.79. The van der Waals surface area contributed by atoms with Gasteiger partial charge in [0.1, 0.15) is 5.78 Å². The predicted octanol–water partition coefficient (Wildman–Crippen LogP) is 1.62. The Morgan fingerprint density at radius 1 is 1.42 bits per heavy atom. The molecule has 68 valence electrons. The van der Waals surface area contributed by atoms with E-state index in [1.807, 2.05) is 7.05 Å². The van der Waals surface area contributed by atoms with E-state index in [1.165, 1.54) is 11.1 Å². The van der Waals surface area contributed by atoms with Crippen molar-refractivity contribution >= 4 is 5.78 Å². The van der Waals surface area contributed by atoms with E-state index < -0.39 is 0 Å². The minimum Gasteiger partial charge on any atom is -0.298 e. The van der Waals surface area contributed by atoms with Crippen molar-refractivity contribution in [2.45, 2.75) is 33.2 Å². The van der Waals surface area contributed by atoms with Crippen LogP contribution in [0, 0.1) is 0 Å². The zero-order valence-corrected chi connectivity index (χ0v) is 8.35. The highest BCUT2D eigenvalue weighted by Gasteiger charge is 2.24. The molecule has 1 rings (SSSR count). The lowest BCUT2D eigenvalue weighted by molar-refractivity contribution is -0.121. The third-order valence-corrected chi connectivity index (χ3v) is 2.72. The fraction of sp³-hybridized carbons (Fsp3) is 0.700. The zero-order valence-electron chi connectivity index (χ0n) is 8.35. The maximum atomic E-state index is 11.2. The maximum absolute atomic E-state index is 11.2. The summed E-state index contributed by atoms with van der Waals surface area (Å²) in [6.07, 6.45) is 0.914. The molecule has 12 heavy (non-hydrogen) atoms. The number of carbonyl (C=O) groups is 1. The molecule has 0 aromatic rings. The second kappa shape index (κ2) is 3.40. The molecule has 0 fully saturated rings. The largest absolute Gasteiger partial charge is 0.298 e. The molecule has 0 saturated heterocycles. The maximum Gasteiger partial charge on any atom is 0.147 e. The van der Waals surface area contributed by atoms with Crippen LogP contribution in [0.1, 0.15) is 27.2 Å². The van der Waals surface area contributed by atoms with Crippen molar-refractivity contribution in [1.82, 2.24) is 4.90 Å². The summed E-state index contributed by atoms with van der Waals surface area (Å²) in [5.74, 6) is 0.282. The first kappa shape index (κ1) is 9.46. The quantitative estimate of drug-likeness (QED) is 0.553. The van der Waals surface area contributed by atoms with Gasteiger partial charge < -0.3 is 0 Å². The number of likely N-dealkylation sites (N-methyl/N-ethyl adjacent to an activating group) is 1. The number of rotatable bonds is 1. The van der Waals surface area contributed by atoms with Gasteiger partial charge in [-0.3, -0.25) is 9.69 Å². The molecular formula is C10H17NO. The third kappa shape index (κ3) is 1.75. The van der Waals surface area contributed by atoms with Crippen LogP contribution in [0.4, 0.5) is 0 Å². The zero-order chi connectivity index (χ0) is 9.30. The normalized spacial score (nSPS) is 26.2. The molecule has 1 atom stereocenters. The third-order valence-electron chi connectivity index (χ3n) is 2.72. The van der Waals surface area contributed by atoms with Crippen LogP contribution in [0.5, 0.6) is 0 Å². The van der Waals surface area contributed by atoms with E-state index in [1.54, 1.807) is 6.92 Å². The summed E-state index contributed by atoms with van der Waals surface area (Å²) in [7, 11) is 2.02. The molecule has 2 nitrogen and oxygen atoms in total. The monoisotopic (exact) mass is 167 g/mol. The molecule has 0 aliphatic carbocycles. The van der Waals surface area contributed by atoms with Crippen molar-refractivity contribution in [3.05, 3.63) is 11.1 Å². The van der Waals surface area contributed by atoms with Crippen molar-refractivity contribution in [3.8, 4) is 0 Å². The molecule has 0 aromatic heterocycles. The van der Waals surface area contributed by atoms with Crippen LogP contribution < -0.4 is 0 Å². The number of nitrogens with zero attached hydrogens (tertiary/aromatic N) is 1. The fourth-order valence-electron chi connectivity index (χ4n) is 1.69. The second-order valence-electron chi connectivity index (χ2n) is 3.81. The fourth-order valence-corrected chi connectivity index (χ4v) is 1.69. The summed E-state index contributed by atoms with van der Waals surface area (Å²) in [6.45, 7) is 6.88. The average molecular weight is 167 g/mol. The van der Waals surface area contributed by atoms with Crippen molar-refractivity contribution in [3.63, 3.8) is 0 Å². The lowest BCUT2D eigenvalue weighted by atomic mass is 9.94. The van der Waals surface area contributed by atoms with Gasteiger partial charge in [-0.1, -0.05) is 11.1 Å². The van der Waals surface area contributed by atoms with Crippen LogP contribution in [0.2, 0.25) is 0 Å². The Morgan fingerprint density at radius 2 is 2.00 bits per heavy atom. The first-order valence-electron chi connectivity index (χ1n) is 4.38. The topological polar surface area (TPSA) is 20.3 Å². The minimum absolute atomic E-state index is 0.119. The highest BCUT2D eigenvalue weighted by molar-refractivity contribution is 5.82. The van der Waals surface area contributed by atoms with Crippen LogP contribution in [0.15, 0.2) is 11.1 Å². The van der Waals surface area contributed by atoms with Gasteiger partial charge in [-0.25, -0.2) is 0 Å². The van der Waals surface area contributed by atoms with Gasteiger partial charge in [-0.2, -0.15) is 0 Å². The lowest BCUT2D eigenvalue weighted by Crippen LogP contribution is -2.41. The van der Waals surface area contributed by atoms with E-state index in [2.05, 4.69) is 18.7 Å². The highest BCUT2D eigenvalue weighted by atomic mass is 16.1. The number of Topliss-reactive ketones (excluding diaryl/α,β-unsaturated/α-hetero) is 1. The smallest absolute Gasteiger partial charge is 0.147 e. The molecule has 1 aliphatic heterocycles. The lowest BCUT2D eigenvalue weighted by Gasteiger charge is -2.32. The molecule has 0 radical (unpaired) electrons. The predicted molar refractivity (Wildman–Crippen MR) is 50.1 cm³/mol. The molecule has 0 bridgehead atoms. The van der Waals surface area contributed by atoms with Gasteiger partial charge >= 0.3 is 0 Å². The Balaban J connectivity index is 2.79. The Hall–Kier alpha value is -0.630. The number of carbonyl (C=O) groups excluding carboxylic acids is 1. The van der Waals surface area contributed by atoms with E-state index in [0.29, 0.717) is 0 Å². The molecule has 2 heteroatoms. The van der Waals surface area contributed by atoms with E-state index in [4.69, 9.17) is 0 Å². The Kier molecular flexibility index (Phi) is 2.68. The Bertz CT molecular complexity index is 230. The molecule has 1 aliphatic rings. The minimum atomic E-state index is 0.119. The summed E-state index contributed by atoms with van der Waals surface area (Å²) >= 11 is 0. The van der Waals surface area contributed by atoms with Crippen LogP contribution in [0.3, 0.4) is 0 Å². The Morgan fingerprint density at radius 3 is 2.50 bits per heavy atom. The summed E-state index contributed by atoms with van der Waals surface area (Å²) in [5, 5.41) is 0. The number of hydrogen-bond donors (Lipinski definition) is 0. The molecule has 0 amide bonds. The van der Waals surface area contributed by atoms with Gasteiger partial charge in [0.15, 0.2) is 0 Å². The van der Waals surface area contributed by atoms with Crippen molar-refractivity contribution < 1.29 is 4.79 Å². The molecule has 0 aromatic carbocycles. The molecule has 0 saturated carbocycles. The van der Waals surface area contributed by atoms with E-state index >= 15 is 0 Å². The van der Waals surface area contributed by atoms with Crippen LogP contribution in [-0.2, 0) is 4.79 Å². The van der Waals surface area contributed by atoms with E-state index in [-0.39, 0.29) is 11.8 Å². The molecular weight excluding hydrogens is 150 g/mol. The Labute approximate surface area is 74.2 Å². The van der Waals surface area contributed by atoms with E-state index in [0.717, 1.165) is 13.0 Å².